The van der Waals surface area contributed by atoms with Crippen LogP contribution in [0.25, 0.3) is 17.1 Å². The summed E-state index contributed by atoms with van der Waals surface area (Å²) in [6.07, 6.45) is 0. The Labute approximate surface area is 121 Å². The summed E-state index contributed by atoms with van der Waals surface area (Å²) in [6, 6.07) is 9.87. The Bertz CT molecular complexity index is 753. The molecule has 2 aromatic heterocycles. The molecule has 0 aliphatic heterocycles. The van der Waals surface area contributed by atoms with Gasteiger partial charge in [0.2, 0.25) is 11.6 Å². The number of nitrogens with two attached hydrogens (primary N) is 1. The van der Waals surface area contributed by atoms with Crippen LogP contribution in [0.5, 0.6) is 0 Å². The summed E-state index contributed by atoms with van der Waals surface area (Å²) in [5.74, 6) is 0.523. The van der Waals surface area contributed by atoms with Crippen LogP contribution in [0, 0.1) is 0 Å². The van der Waals surface area contributed by atoms with E-state index in [9.17, 15) is 0 Å². The highest BCUT2D eigenvalue weighted by molar-refractivity contribution is 5.66. The van der Waals surface area contributed by atoms with E-state index in [-0.39, 0.29) is 11.2 Å². The molecule has 2 heterocycles. The molecule has 0 aliphatic carbocycles. The van der Waals surface area contributed by atoms with Crippen molar-refractivity contribution in [2.24, 2.45) is 0 Å². The molecule has 21 heavy (non-hydrogen) atoms. The SMILES string of the molecule is CC(C)(C)c1nnn(-c2nonc2N)c1-c1ccccc1. The number of aromatic nitrogens is 5. The number of anilines is 1. The Morgan fingerprint density at radius 3 is 2.38 bits per heavy atom. The van der Waals surface area contributed by atoms with Gasteiger partial charge in [0.15, 0.2) is 0 Å². The zero-order valence-electron chi connectivity index (χ0n) is 12.1. The van der Waals surface area contributed by atoms with Gasteiger partial charge in [0.05, 0.1) is 5.69 Å². The highest BCUT2D eigenvalue weighted by Gasteiger charge is 2.27. The molecule has 0 unspecified atom stereocenters. The predicted octanol–water partition coefficient (Wildman–Crippen LogP) is 2.20. The summed E-state index contributed by atoms with van der Waals surface area (Å²) >= 11 is 0. The lowest BCUT2D eigenvalue weighted by molar-refractivity contribution is 0.307. The van der Waals surface area contributed by atoms with Gasteiger partial charge in [0, 0.05) is 11.0 Å². The fraction of sp³-hybridized carbons (Fsp3) is 0.286. The van der Waals surface area contributed by atoms with E-state index in [1.165, 1.54) is 0 Å². The molecule has 3 aromatic rings. The molecule has 1 aromatic carbocycles. The molecule has 7 nitrogen and oxygen atoms in total. The standard InChI is InChI=1S/C14H16N6O/c1-14(2,3)11-10(9-7-5-4-6-8-9)20(19-16-11)13-12(15)17-21-18-13/h4-8H,1-3H3,(H2,15,17). The Hall–Kier alpha value is -2.70. The summed E-state index contributed by atoms with van der Waals surface area (Å²) in [5.41, 5.74) is 8.29. The van der Waals surface area contributed by atoms with Crippen LogP contribution < -0.4 is 5.73 Å². The first-order valence-electron chi connectivity index (χ1n) is 6.58. The van der Waals surface area contributed by atoms with Gasteiger partial charge in [-0.1, -0.05) is 56.3 Å². The topological polar surface area (TPSA) is 95.6 Å². The molecule has 108 valence electrons. The van der Waals surface area contributed by atoms with Gasteiger partial charge in [0.25, 0.3) is 0 Å². The van der Waals surface area contributed by atoms with E-state index in [2.05, 4.69) is 46.0 Å². The highest BCUT2D eigenvalue weighted by atomic mass is 16.6. The van der Waals surface area contributed by atoms with Crippen LogP contribution in [0.15, 0.2) is 35.0 Å². The fourth-order valence-corrected chi connectivity index (χ4v) is 2.13. The molecule has 7 heteroatoms. The summed E-state index contributed by atoms with van der Waals surface area (Å²) in [4.78, 5) is 0. The van der Waals surface area contributed by atoms with Crippen molar-refractivity contribution in [1.82, 2.24) is 25.3 Å². The second kappa shape index (κ2) is 4.69. The van der Waals surface area contributed by atoms with Crippen molar-refractivity contribution < 1.29 is 4.63 Å². The third-order valence-corrected chi connectivity index (χ3v) is 3.12. The van der Waals surface area contributed by atoms with Gasteiger partial charge in [-0.2, -0.15) is 4.68 Å². The van der Waals surface area contributed by atoms with Gasteiger partial charge in [-0.25, -0.2) is 4.63 Å². The van der Waals surface area contributed by atoms with E-state index in [4.69, 9.17) is 5.73 Å². The van der Waals surface area contributed by atoms with Crippen molar-refractivity contribution >= 4 is 5.82 Å². The van der Waals surface area contributed by atoms with Crippen LogP contribution in [0.1, 0.15) is 26.5 Å². The third-order valence-electron chi connectivity index (χ3n) is 3.12. The minimum absolute atomic E-state index is 0.171. The van der Waals surface area contributed by atoms with Gasteiger partial charge in [-0.3, -0.25) is 0 Å². The van der Waals surface area contributed by atoms with Crippen LogP contribution >= 0.6 is 0 Å². The molecule has 0 saturated carbocycles. The second-order valence-electron chi connectivity index (χ2n) is 5.79. The number of rotatable bonds is 2. The summed E-state index contributed by atoms with van der Waals surface area (Å²) in [5, 5.41) is 15.9. The Kier molecular flexibility index (Phi) is 2.97. The van der Waals surface area contributed by atoms with Crippen molar-refractivity contribution in [3.8, 4) is 17.1 Å². The van der Waals surface area contributed by atoms with Crippen LogP contribution in [-0.2, 0) is 5.41 Å². The lowest BCUT2D eigenvalue weighted by Crippen LogP contribution is -2.14. The molecule has 0 bridgehead atoms. The van der Waals surface area contributed by atoms with E-state index in [0.29, 0.717) is 5.82 Å². The molecule has 0 aliphatic rings. The van der Waals surface area contributed by atoms with Crippen molar-refractivity contribution in [3.63, 3.8) is 0 Å². The molecule has 2 N–H and O–H groups in total. The highest BCUT2D eigenvalue weighted by Crippen LogP contribution is 2.33. The van der Waals surface area contributed by atoms with Gasteiger partial charge < -0.3 is 5.73 Å². The van der Waals surface area contributed by atoms with Crippen LogP contribution in [-0.4, -0.2) is 25.3 Å². The van der Waals surface area contributed by atoms with Gasteiger partial charge in [-0.15, -0.1) is 5.10 Å². The monoisotopic (exact) mass is 284 g/mol. The average Bonchev–Trinajstić information content (AvgIpc) is 3.04. The van der Waals surface area contributed by atoms with Gasteiger partial charge in [-0.05, 0) is 10.3 Å². The summed E-state index contributed by atoms with van der Waals surface area (Å²) in [7, 11) is 0. The maximum Gasteiger partial charge on any atom is 0.243 e. The first-order valence-corrected chi connectivity index (χ1v) is 6.58. The normalized spacial score (nSPS) is 11.8. The number of nitrogen functional groups attached to an aromatic ring is 1. The van der Waals surface area contributed by atoms with E-state index < -0.39 is 0 Å². The largest absolute Gasteiger partial charge is 0.378 e. The average molecular weight is 284 g/mol. The maximum atomic E-state index is 5.78. The van der Waals surface area contributed by atoms with E-state index in [0.717, 1.165) is 17.0 Å². The van der Waals surface area contributed by atoms with Crippen molar-refractivity contribution in [2.45, 2.75) is 26.2 Å². The Balaban J connectivity index is 2.28. The van der Waals surface area contributed by atoms with Crippen LogP contribution in [0.2, 0.25) is 0 Å². The maximum absolute atomic E-state index is 5.78. The van der Waals surface area contributed by atoms with Gasteiger partial charge >= 0.3 is 0 Å². The first-order chi connectivity index (χ1) is 9.98. The Morgan fingerprint density at radius 2 is 1.81 bits per heavy atom. The minimum atomic E-state index is -0.171. The number of hydrogen-bond acceptors (Lipinski definition) is 6. The predicted molar refractivity (Wildman–Crippen MR) is 77.8 cm³/mol. The Morgan fingerprint density at radius 1 is 1.10 bits per heavy atom. The molecule has 3 rings (SSSR count). The van der Waals surface area contributed by atoms with E-state index in [1.807, 2.05) is 30.3 Å². The number of benzene rings is 1. The van der Waals surface area contributed by atoms with Gasteiger partial charge in [0.1, 0.15) is 5.69 Å². The van der Waals surface area contributed by atoms with Crippen molar-refractivity contribution in [1.29, 1.82) is 0 Å². The molecule has 0 amide bonds. The fourth-order valence-electron chi connectivity index (χ4n) is 2.13. The minimum Gasteiger partial charge on any atom is -0.378 e. The van der Waals surface area contributed by atoms with Crippen molar-refractivity contribution in [2.75, 3.05) is 5.73 Å². The molecular formula is C14H16N6O. The quantitative estimate of drug-likeness (QED) is 0.775. The zero-order valence-corrected chi connectivity index (χ0v) is 12.1. The third kappa shape index (κ3) is 2.26. The lowest BCUT2D eigenvalue weighted by Gasteiger charge is -2.17. The zero-order chi connectivity index (χ0) is 15.0. The number of nitrogens with zero attached hydrogens (tertiary/aromatic N) is 5. The molecule has 0 spiro atoms. The molecule has 0 fully saturated rings. The second-order valence-corrected chi connectivity index (χ2v) is 5.79. The van der Waals surface area contributed by atoms with E-state index in [1.54, 1.807) is 4.68 Å². The first kappa shape index (κ1) is 13.3. The molecule has 0 atom stereocenters. The molecule has 0 radical (unpaired) electrons. The lowest BCUT2D eigenvalue weighted by atomic mass is 9.89. The summed E-state index contributed by atoms with van der Waals surface area (Å²) in [6.45, 7) is 6.24. The molecule has 0 saturated heterocycles. The smallest absolute Gasteiger partial charge is 0.243 e. The van der Waals surface area contributed by atoms with E-state index >= 15 is 0 Å². The van der Waals surface area contributed by atoms with Crippen LogP contribution in [0.3, 0.4) is 0 Å². The van der Waals surface area contributed by atoms with Crippen LogP contribution in [0.4, 0.5) is 5.82 Å². The molecular weight excluding hydrogens is 268 g/mol. The number of hydrogen-bond donors (Lipinski definition) is 1. The summed E-state index contributed by atoms with van der Waals surface area (Å²) < 4.78 is 6.24. The van der Waals surface area contributed by atoms with Crippen molar-refractivity contribution in [3.05, 3.63) is 36.0 Å².